The average molecular weight is 691 g/mol. The Hall–Kier alpha value is -4.40. The van der Waals surface area contributed by atoms with Crippen LogP contribution in [-0.4, -0.2) is 118 Å². The Kier molecular flexibility index (Phi) is 9.48. The maximum Gasteiger partial charge on any atom is 0.410 e. The zero-order chi connectivity index (χ0) is 35.1. The standard InChI is InChI=1S/C35H46N8O5S/c1-25-33(44)39(6)30-14-15-31(36-26-8-7-9-29(24-26)49(46,47)42-22-16-38(5)17-23-42)37-32(30)43(25)28-12-10-27(11-13-28)40-18-20-41(21-19-40)34(45)48-35(2,3)4/h7-15,24-25H,16-23H2,1-6H3,(H,36,37)/t25-/m1/s1. The van der Waals surface area contributed by atoms with E-state index < -0.39 is 21.7 Å². The first-order chi connectivity index (χ1) is 23.2. The van der Waals surface area contributed by atoms with Gasteiger partial charge in [-0.25, -0.2) is 18.2 Å². The molecule has 0 bridgehead atoms. The number of benzene rings is 2. The number of nitrogens with one attached hydrogen (secondary N) is 1. The maximum atomic E-state index is 13.4. The van der Waals surface area contributed by atoms with Crippen molar-refractivity contribution in [3.05, 3.63) is 60.7 Å². The van der Waals surface area contributed by atoms with Crippen LogP contribution in [0.3, 0.4) is 0 Å². The van der Waals surface area contributed by atoms with Crippen LogP contribution < -0.4 is 20.0 Å². The van der Waals surface area contributed by atoms with Crippen molar-refractivity contribution in [2.24, 2.45) is 0 Å². The van der Waals surface area contributed by atoms with Gasteiger partial charge in [-0.3, -0.25) is 4.79 Å². The Bertz CT molecular complexity index is 1800. The van der Waals surface area contributed by atoms with Gasteiger partial charge in [0.05, 0.1) is 10.6 Å². The third-order valence-corrected chi connectivity index (χ3v) is 11.0. The summed E-state index contributed by atoms with van der Waals surface area (Å²) >= 11 is 0. The molecule has 3 aliphatic rings. The minimum Gasteiger partial charge on any atom is -0.444 e. The summed E-state index contributed by atoms with van der Waals surface area (Å²) in [4.78, 5) is 40.7. The van der Waals surface area contributed by atoms with Crippen molar-refractivity contribution < 1.29 is 22.7 Å². The first-order valence-corrected chi connectivity index (χ1v) is 18.1. The largest absolute Gasteiger partial charge is 0.444 e. The van der Waals surface area contributed by atoms with Gasteiger partial charge in [-0.1, -0.05) is 6.07 Å². The number of amides is 2. The molecular weight excluding hydrogens is 645 g/mol. The van der Waals surface area contributed by atoms with Crippen molar-refractivity contribution in [3.63, 3.8) is 0 Å². The first-order valence-electron chi connectivity index (χ1n) is 16.7. The molecule has 2 saturated heterocycles. The maximum absolute atomic E-state index is 13.4. The van der Waals surface area contributed by atoms with E-state index in [0.717, 1.165) is 11.4 Å². The van der Waals surface area contributed by atoms with E-state index in [-0.39, 0.29) is 16.9 Å². The molecule has 6 rings (SSSR count). The fourth-order valence-electron chi connectivity index (χ4n) is 6.35. The first kappa shape index (κ1) is 34.5. The number of piperazine rings is 2. The highest BCUT2D eigenvalue weighted by Gasteiger charge is 2.36. The molecule has 1 aromatic heterocycles. The number of pyridine rings is 1. The predicted molar refractivity (Wildman–Crippen MR) is 192 cm³/mol. The van der Waals surface area contributed by atoms with Crippen molar-refractivity contribution in [1.29, 1.82) is 0 Å². The van der Waals surface area contributed by atoms with Crippen LogP contribution in [0, 0.1) is 0 Å². The molecule has 1 atom stereocenters. The summed E-state index contributed by atoms with van der Waals surface area (Å²) in [5.74, 6) is 1.08. The van der Waals surface area contributed by atoms with E-state index >= 15 is 0 Å². The van der Waals surface area contributed by atoms with Crippen LogP contribution in [0.1, 0.15) is 27.7 Å². The second-order valence-electron chi connectivity index (χ2n) is 13.8. The van der Waals surface area contributed by atoms with E-state index in [9.17, 15) is 18.0 Å². The normalized spacial score (nSPS) is 19.6. The van der Waals surface area contributed by atoms with Crippen LogP contribution >= 0.6 is 0 Å². The van der Waals surface area contributed by atoms with Gasteiger partial charge in [0, 0.05) is 76.5 Å². The monoisotopic (exact) mass is 690 g/mol. The molecule has 13 nitrogen and oxygen atoms in total. The van der Waals surface area contributed by atoms with Gasteiger partial charge in [-0.05, 0) is 89.3 Å². The molecule has 0 radical (unpaired) electrons. The highest BCUT2D eigenvalue weighted by atomic mass is 32.2. The number of carbonyl (C=O) groups excluding carboxylic acids is 2. The summed E-state index contributed by atoms with van der Waals surface area (Å²) in [6.45, 7) is 12.2. The van der Waals surface area contributed by atoms with E-state index in [1.165, 1.54) is 4.31 Å². The fraction of sp³-hybridized carbons (Fsp3) is 0.457. The van der Waals surface area contributed by atoms with Crippen LogP contribution in [0.4, 0.5) is 39.2 Å². The number of rotatable bonds is 6. The molecule has 0 saturated carbocycles. The van der Waals surface area contributed by atoms with Crippen LogP contribution in [0.2, 0.25) is 0 Å². The van der Waals surface area contributed by atoms with E-state index in [0.29, 0.717) is 75.4 Å². The van der Waals surface area contributed by atoms with Crippen LogP contribution in [0.5, 0.6) is 0 Å². The van der Waals surface area contributed by atoms with Gasteiger partial charge in [-0.2, -0.15) is 4.31 Å². The van der Waals surface area contributed by atoms with Crippen LogP contribution in [-0.2, 0) is 19.6 Å². The predicted octanol–water partition coefficient (Wildman–Crippen LogP) is 4.32. The lowest BCUT2D eigenvalue weighted by atomic mass is 10.1. The number of hydrogen-bond donors (Lipinski definition) is 1. The number of likely N-dealkylation sites (N-methyl/N-ethyl adjacent to an activating group) is 2. The summed E-state index contributed by atoms with van der Waals surface area (Å²) in [5.41, 5.74) is 2.57. The molecule has 0 unspecified atom stereocenters. The second-order valence-corrected chi connectivity index (χ2v) is 15.8. The minimum atomic E-state index is -3.64. The average Bonchev–Trinajstić information content (AvgIpc) is 3.07. The molecular formula is C35H46N8O5S. The van der Waals surface area contributed by atoms with Gasteiger partial charge in [0.15, 0.2) is 5.82 Å². The van der Waals surface area contributed by atoms with E-state index in [1.807, 2.05) is 76.0 Å². The molecule has 3 aliphatic heterocycles. The van der Waals surface area contributed by atoms with Gasteiger partial charge >= 0.3 is 6.09 Å². The highest BCUT2D eigenvalue weighted by Crippen LogP contribution is 2.40. The van der Waals surface area contributed by atoms with Crippen molar-refractivity contribution >= 4 is 56.4 Å². The summed E-state index contributed by atoms with van der Waals surface area (Å²) in [5, 5.41) is 3.29. The Morgan fingerprint density at radius 3 is 2.18 bits per heavy atom. The second kappa shape index (κ2) is 13.5. The summed E-state index contributed by atoms with van der Waals surface area (Å²) in [6, 6.07) is 18.0. The Morgan fingerprint density at radius 2 is 1.53 bits per heavy atom. The van der Waals surface area contributed by atoms with Crippen molar-refractivity contribution in [1.82, 2.24) is 19.1 Å². The summed E-state index contributed by atoms with van der Waals surface area (Å²) < 4.78 is 33.9. The molecule has 2 amide bonds. The zero-order valence-corrected chi connectivity index (χ0v) is 29.9. The summed E-state index contributed by atoms with van der Waals surface area (Å²) in [7, 11) is 0.0985. The number of anilines is 6. The molecule has 2 fully saturated rings. The Balaban J connectivity index is 1.20. The molecule has 2 aromatic carbocycles. The number of hydrogen-bond acceptors (Lipinski definition) is 10. The third-order valence-electron chi connectivity index (χ3n) is 9.15. The van der Waals surface area contributed by atoms with Crippen LogP contribution in [0.15, 0.2) is 65.6 Å². The van der Waals surface area contributed by atoms with Crippen LogP contribution in [0.25, 0.3) is 0 Å². The van der Waals surface area contributed by atoms with Crippen molar-refractivity contribution in [2.45, 2.75) is 44.2 Å². The molecule has 0 spiro atoms. The van der Waals surface area contributed by atoms with Crippen molar-refractivity contribution in [2.75, 3.05) is 86.5 Å². The molecule has 14 heteroatoms. The van der Waals surface area contributed by atoms with Gasteiger partial charge in [-0.15, -0.1) is 0 Å². The fourth-order valence-corrected chi connectivity index (χ4v) is 7.81. The summed E-state index contributed by atoms with van der Waals surface area (Å²) in [6.07, 6.45) is -0.292. The molecule has 49 heavy (non-hydrogen) atoms. The number of fused-ring (bicyclic) bond motifs is 1. The Morgan fingerprint density at radius 1 is 0.878 bits per heavy atom. The highest BCUT2D eigenvalue weighted by molar-refractivity contribution is 7.89. The van der Waals surface area contributed by atoms with Gasteiger partial charge in [0.25, 0.3) is 0 Å². The number of nitrogens with zero attached hydrogens (tertiary/aromatic N) is 7. The Labute approximate surface area is 289 Å². The van der Waals surface area contributed by atoms with Gasteiger partial charge in [0.1, 0.15) is 17.5 Å². The van der Waals surface area contributed by atoms with Gasteiger partial charge in [0.2, 0.25) is 15.9 Å². The molecule has 0 aliphatic carbocycles. The molecule has 262 valence electrons. The number of carbonyl (C=O) groups is 2. The number of aromatic nitrogens is 1. The lowest BCUT2D eigenvalue weighted by molar-refractivity contribution is -0.119. The lowest BCUT2D eigenvalue weighted by Crippen LogP contribution is -2.50. The third kappa shape index (κ3) is 7.31. The quantitative estimate of drug-likeness (QED) is 0.400. The number of ether oxygens (including phenoxy) is 1. The van der Waals surface area contributed by atoms with E-state index in [2.05, 4.69) is 15.1 Å². The minimum absolute atomic E-state index is 0.0563. The topological polar surface area (TPSA) is 122 Å². The SMILES string of the molecule is C[C@@H]1C(=O)N(C)c2ccc(Nc3cccc(S(=O)(=O)N4CCN(C)CC4)c3)nc2N1c1ccc(N2CCN(C(=O)OC(C)(C)C)CC2)cc1. The lowest BCUT2D eigenvalue weighted by Gasteiger charge is -2.40. The smallest absolute Gasteiger partial charge is 0.410 e. The van der Waals surface area contributed by atoms with E-state index in [4.69, 9.17) is 9.72 Å². The molecule has 1 N–H and O–H groups in total. The van der Waals surface area contributed by atoms with Gasteiger partial charge < -0.3 is 34.6 Å². The van der Waals surface area contributed by atoms with E-state index in [1.54, 1.807) is 41.1 Å². The molecule has 4 heterocycles. The van der Waals surface area contributed by atoms with Crippen molar-refractivity contribution in [3.8, 4) is 0 Å². The number of sulfonamides is 1. The zero-order valence-electron chi connectivity index (χ0n) is 29.1. The molecule has 3 aromatic rings.